The highest BCUT2D eigenvalue weighted by atomic mass is 32.2. The molecule has 1 fully saturated rings. The van der Waals surface area contributed by atoms with Gasteiger partial charge in [0, 0.05) is 52.0 Å². The van der Waals surface area contributed by atoms with Crippen LogP contribution in [-0.2, 0) is 16.2 Å². The average molecular weight is 485 g/mol. The smallest absolute Gasteiger partial charge is 0.355 e. The van der Waals surface area contributed by atoms with Crippen LogP contribution in [-0.4, -0.2) is 68.8 Å². The van der Waals surface area contributed by atoms with Gasteiger partial charge >= 0.3 is 6.18 Å². The minimum absolute atomic E-state index is 0.0984. The lowest BCUT2D eigenvalue weighted by Crippen LogP contribution is -2.35. The van der Waals surface area contributed by atoms with E-state index in [-0.39, 0.29) is 10.8 Å². The third-order valence-corrected chi connectivity index (χ3v) is 7.75. The minimum atomic E-state index is -4.45. The van der Waals surface area contributed by atoms with Crippen LogP contribution in [0.2, 0.25) is 0 Å². The van der Waals surface area contributed by atoms with E-state index in [1.54, 1.807) is 24.8 Å². The Labute approximate surface area is 191 Å². The summed E-state index contributed by atoms with van der Waals surface area (Å²) < 4.78 is 64.9. The Morgan fingerprint density at radius 3 is 2.33 bits per heavy atom. The van der Waals surface area contributed by atoms with Crippen LogP contribution in [0.15, 0.2) is 35.4 Å². The Bertz CT molecular complexity index is 1130. The van der Waals surface area contributed by atoms with Crippen molar-refractivity contribution in [2.24, 2.45) is 0 Å². The number of sulfonamides is 1. The molecule has 3 rings (SSSR count). The van der Waals surface area contributed by atoms with Crippen molar-refractivity contribution < 1.29 is 26.4 Å². The summed E-state index contributed by atoms with van der Waals surface area (Å²) in [5, 5.41) is 0. The van der Waals surface area contributed by atoms with Gasteiger partial charge in [-0.2, -0.15) is 13.2 Å². The molecule has 1 saturated heterocycles. The van der Waals surface area contributed by atoms with Crippen LogP contribution in [0.4, 0.5) is 19.0 Å². The zero-order chi connectivity index (χ0) is 24.6. The zero-order valence-corrected chi connectivity index (χ0v) is 19.8. The van der Waals surface area contributed by atoms with Gasteiger partial charge in [-0.1, -0.05) is 0 Å². The Balaban J connectivity index is 1.79. The van der Waals surface area contributed by atoms with E-state index < -0.39 is 21.8 Å². The van der Waals surface area contributed by atoms with Gasteiger partial charge in [-0.25, -0.2) is 17.7 Å². The average Bonchev–Trinajstić information content (AvgIpc) is 3.00. The second-order valence-electron chi connectivity index (χ2n) is 8.24. The van der Waals surface area contributed by atoms with Crippen molar-refractivity contribution >= 4 is 21.7 Å². The molecule has 0 unspecified atom stereocenters. The fraction of sp³-hybridized carbons (Fsp3) is 0.455. The molecule has 33 heavy (non-hydrogen) atoms. The van der Waals surface area contributed by atoms with Crippen molar-refractivity contribution in [1.29, 1.82) is 0 Å². The second kappa shape index (κ2) is 9.30. The number of benzene rings is 1. The molecule has 0 saturated carbocycles. The molecule has 0 bridgehead atoms. The molecule has 1 aromatic heterocycles. The molecule has 1 aliphatic heterocycles. The number of aromatic nitrogens is 1. The first-order valence-corrected chi connectivity index (χ1v) is 11.9. The third kappa shape index (κ3) is 5.30. The van der Waals surface area contributed by atoms with Crippen molar-refractivity contribution in [2.45, 2.75) is 31.3 Å². The van der Waals surface area contributed by atoms with Gasteiger partial charge in [-0.05, 0) is 55.7 Å². The molecule has 11 heteroatoms. The van der Waals surface area contributed by atoms with Gasteiger partial charge in [0.1, 0.15) is 5.82 Å². The number of hydrogen-bond donors (Lipinski definition) is 0. The van der Waals surface area contributed by atoms with Crippen LogP contribution in [0, 0.1) is 13.8 Å². The van der Waals surface area contributed by atoms with Gasteiger partial charge in [0.2, 0.25) is 10.0 Å². The molecule has 1 aromatic carbocycles. The van der Waals surface area contributed by atoms with E-state index in [1.165, 1.54) is 26.2 Å². The van der Waals surface area contributed by atoms with Gasteiger partial charge in [-0.15, -0.1) is 0 Å². The van der Waals surface area contributed by atoms with Crippen LogP contribution in [0.1, 0.15) is 33.5 Å². The van der Waals surface area contributed by atoms with E-state index in [9.17, 15) is 26.4 Å². The van der Waals surface area contributed by atoms with Crippen LogP contribution in [0.3, 0.4) is 0 Å². The first-order chi connectivity index (χ1) is 15.3. The maximum Gasteiger partial charge on any atom is 0.417 e. The number of hydrogen-bond acceptors (Lipinski definition) is 5. The first kappa shape index (κ1) is 25.0. The summed E-state index contributed by atoms with van der Waals surface area (Å²) in [7, 11) is -0.833. The largest absolute Gasteiger partial charge is 0.417 e. The van der Waals surface area contributed by atoms with E-state index >= 15 is 0 Å². The SMILES string of the molecule is Cc1cc(C(=O)N2CCCN(c3ccc(C(F)(F)F)cn3)CC2)cc(S(=O)(=O)N(C)C)c1C. The highest BCUT2D eigenvalue weighted by molar-refractivity contribution is 7.89. The Kier molecular flexibility index (Phi) is 7.04. The van der Waals surface area contributed by atoms with Crippen molar-refractivity contribution in [2.75, 3.05) is 45.2 Å². The second-order valence-corrected chi connectivity index (χ2v) is 10.4. The summed E-state index contributed by atoms with van der Waals surface area (Å²) in [6.45, 7) is 5.19. The molecule has 2 heterocycles. The topological polar surface area (TPSA) is 73.8 Å². The van der Waals surface area contributed by atoms with E-state index in [0.29, 0.717) is 55.1 Å². The van der Waals surface area contributed by atoms with Crippen LogP contribution in [0.5, 0.6) is 0 Å². The number of anilines is 1. The Morgan fingerprint density at radius 1 is 1.06 bits per heavy atom. The van der Waals surface area contributed by atoms with Gasteiger partial charge < -0.3 is 9.80 Å². The van der Waals surface area contributed by atoms with Crippen molar-refractivity contribution in [3.8, 4) is 0 Å². The minimum Gasteiger partial charge on any atom is -0.355 e. The molecule has 0 radical (unpaired) electrons. The lowest BCUT2D eigenvalue weighted by molar-refractivity contribution is -0.137. The number of rotatable bonds is 4. The number of alkyl halides is 3. The standard InChI is InChI=1S/C22H27F3N4O3S/c1-15-12-17(13-19(16(15)2)33(31,32)27(3)4)21(30)29-9-5-8-28(10-11-29)20-7-6-18(14-26-20)22(23,24)25/h6-7,12-14H,5,8-11H2,1-4H3. The van der Waals surface area contributed by atoms with Gasteiger partial charge in [0.15, 0.2) is 0 Å². The third-order valence-electron chi connectivity index (χ3n) is 5.81. The summed E-state index contributed by atoms with van der Waals surface area (Å²) in [6.07, 6.45) is -3.04. The number of carbonyl (C=O) groups excluding carboxylic acids is 1. The molecule has 0 aliphatic carbocycles. The number of amides is 1. The number of aryl methyl sites for hydroxylation is 1. The lowest BCUT2D eigenvalue weighted by Gasteiger charge is -2.24. The summed E-state index contributed by atoms with van der Waals surface area (Å²) in [6, 6.07) is 5.44. The Hall–Kier alpha value is -2.66. The molecule has 180 valence electrons. The number of halogens is 3. The fourth-order valence-electron chi connectivity index (χ4n) is 3.69. The van der Waals surface area contributed by atoms with Gasteiger partial charge in [-0.3, -0.25) is 4.79 Å². The van der Waals surface area contributed by atoms with E-state index in [1.807, 2.05) is 4.90 Å². The zero-order valence-electron chi connectivity index (χ0n) is 19.0. The highest BCUT2D eigenvalue weighted by Gasteiger charge is 2.31. The number of pyridine rings is 1. The van der Waals surface area contributed by atoms with Gasteiger partial charge in [0.05, 0.1) is 10.5 Å². The van der Waals surface area contributed by atoms with Crippen LogP contribution < -0.4 is 4.90 Å². The summed E-state index contributed by atoms with van der Waals surface area (Å²) >= 11 is 0. The van der Waals surface area contributed by atoms with Crippen LogP contribution >= 0.6 is 0 Å². The Morgan fingerprint density at radius 2 is 1.76 bits per heavy atom. The highest BCUT2D eigenvalue weighted by Crippen LogP contribution is 2.30. The predicted molar refractivity (Wildman–Crippen MR) is 119 cm³/mol. The van der Waals surface area contributed by atoms with Crippen molar-refractivity contribution in [3.63, 3.8) is 0 Å². The normalized spacial score (nSPS) is 15.6. The molecule has 0 atom stereocenters. The molecule has 2 aromatic rings. The molecule has 1 amide bonds. The summed E-state index contributed by atoms with van der Waals surface area (Å²) in [5.41, 5.74) is 0.776. The van der Waals surface area contributed by atoms with E-state index in [2.05, 4.69) is 4.98 Å². The van der Waals surface area contributed by atoms with E-state index in [0.717, 1.165) is 16.6 Å². The molecule has 0 N–H and O–H groups in total. The predicted octanol–water partition coefficient (Wildman–Crippen LogP) is 3.32. The molecular weight excluding hydrogens is 457 g/mol. The number of nitrogens with zero attached hydrogens (tertiary/aromatic N) is 4. The monoisotopic (exact) mass is 484 g/mol. The van der Waals surface area contributed by atoms with Crippen molar-refractivity contribution in [1.82, 2.24) is 14.2 Å². The molecule has 0 spiro atoms. The fourth-order valence-corrected chi connectivity index (χ4v) is 4.91. The van der Waals surface area contributed by atoms with Crippen LogP contribution in [0.25, 0.3) is 0 Å². The quantitative estimate of drug-likeness (QED) is 0.666. The maximum atomic E-state index is 13.2. The first-order valence-electron chi connectivity index (χ1n) is 10.4. The maximum absolute atomic E-state index is 13.2. The summed E-state index contributed by atoms with van der Waals surface area (Å²) in [4.78, 5) is 20.7. The van der Waals surface area contributed by atoms with E-state index in [4.69, 9.17) is 0 Å². The molecule has 7 nitrogen and oxygen atoms in total. The number of carbonyl (C=O) groups is 1. The van der Waals surface area contributed by atoms with Crippen molar-refractivity contribution in [3.05, 3.63) is 52.7 Å². The molecular formula is C22H27F3N4O3S. The molecule has 1 aliphatic rings. The van der Waals surface area contributed by atoms with Gasteiger partial charge in [0.25, 0.3) is 5.91 Å². The lowest BCUT2D eigenvalue weighted by atomic mass is 10.1. The summed E-state index contributed by atoms with van der Waals surface area (Å²) in [5.74, 6) is 0.137.